The molecule has 0 saturated carbocycles. The molecule has 6 atom stereocenters. The van der Waals surface area contributed by atoms with E-state index in [1.165, 1.54) is 161 Å². The van der Waals surface area contributed by atoms with Gasteiger partial charge in [-0.05, 0) is 57.8 Å². The van der Waals surface area contributed by atoms with Crippen molar-refractivity contribution >= 4 is 34.0 Å². The molecule has 0 bridgehead atoms. The fourth-order valence-electron chi connectivity index (χ4n) is 11.6. The number of hydrogen-bond acceptors (Lipinski definition) is 13. The zero-order valence-electron chi connectivity index (χ0n) is 58.0. The Hall–Kier alpha value is -3.11. The van der Waals surface area contributed by atoms with Crippen LogP contribution in [0.25, 0.3) is 0 Å². The van der Waals surface area contributed by atoms with Gasteiger partial charge in [0.1, 0.15) is 24.6 Å². The maximum absolute atomic E-state index is 13.8. The van der Waals surface area contributed by atoms with Crippen molar-refractivity contribution in [2.75, 3.05) is 19.0 Å². The lowest BCUT2D eigenvalue weighted by molar-refractivity contribution is -0.302. The molecule has 15 heteroatoms. The molecule has 0 aliphatic carbocycles. The number of aliphatic hydroxyl groups excluding tert-OH is 1. The highest BCUT2D eigenvalue weighted by Gasteiger charge is 2.51. The number of hydrogen-bond donors (Lipinski definition) is 2. The minimum atomic E-state index is -4.77. The van der Waals surface area contributed by atoms with Gasteiger partial charge in [-0.1, -0.05) is 315 Å². The quantitative estimate of drug-likeness (QED) is 0.0192. The lowest BCUT2D eigenvalue weighted by atomic mass is 9.99. The highest BCUT2D eigenvalue weighted by molar-refractivity contribution is 7.85. The number of esters is 4. The van der Waals surface area contributed by atoms with Gasteiger partial charge in [0.15, 0.2) is 24.6 Å². The van der Waals surface area contributed by atoms with Crippen LogP contribution in [0.4, 0.5) is 0 Å². The first kappa shape index (κ1) is 84.9. The Morgan fingerprint density at radius 3 is 1.13 bits per heavy atom. The predicted molar refractivity (Wildman–Crippen MR) is 368 cm³/mol. The smallest absolute Gasteiger partial charge is 0.306 e. The molecule has 0 spiro atoms. The first-order valence-electron chi connectivity index (χ1n) is 37.4. The third-order valence-corrected chi connectivity index (χ3v) is 17.9. The van der Waals surface area contributed by atoms with E-state index >= 15 is 0 Å². The lowest BCUT2D eigenvalue weighted by Gasteiger charge is -2.43. The summed E-state index contributed by atoms with van der Waals surface area (Å²) in [5, 5.41) is 11.7. The molecular formula is C75H136O14S. The minimum Gasteiger partial charge on any atom is -0.462 e. The fraction of sp³-hybridized carbons (Fsp3) is 0.867. The van der Waals surface area contributed by atoms with Gasteiger partial charge in [-0.15, -0.1) is 0 Å². The third kappa shape index (κ3) is 53.3. The Morgan fingerprint density at radius 2 is 0.744 bits per heavy atom. The van der Waals surface area contributed by atoms with E-state index in [-0.39, 0.29) is 32.3 Å². The average Bonchev–Trinajstić information content (AvgIpc) is 0.890. The van der Waals surface area contributed by atoms with Crippen molar-refractivity contribution in [1.29, 1.82) is 0 Å². The molecule has 14 nitrogen and oxygen atoms in total. The molecule has 1 fully saturated rings. The summed E-state index contributed by atoms with van der Waals surface area (Å²) in [4.78, 5) is 54.1. The molecule has 0 aromatic heterocycles. The summed E-state index contributed by atoms with van der Waals surface area (Å²) in [5.74, 6) is -3.39. The van der Waals surface area contributed by atoms with Gasteiger partial charge in [-0.2, -0.15) is 8.42 Å². The number of ether oxygens (including phenoxy) is 6. The van der Waals surface area contributed by atoms with Crippen LogP contribution in [0.5, 0.6) is 0 Å². The Bertz CT molecular complexity index is 1890. The van der Waals surface area contributed by atoms with Crippen molar-refractivity contribution in [3.8, 4) is 0 Å². The van der Waals surface area contributed by atoms with Gasteiger partial charge in [0.25, 0.3) is 10.1 Å². The first-order valence-corrected chi connectivity index (χ1v) is 39.0. The van der Waals surface area contributed by atoms with Crippen molar-refractivity contribution in [2.24, 2.45) is 0 Å². The van der Waals surface area contributed by atoms with Gasteiger partial charge < -0.3 is 33.5 Å². The fourth-order valence-corrected chi connectivity index (χ4v) is 12.3. The molecule has 526 valence electrons. The number of carbonyl (C=O) groups excluding carboxylic acids is 4. The second kappa shape index (κ2) is 62.0. The van der Waals surface area contributed by atoms with Crippen molar-refractivity contribution in [2.45, 2.75) is 398 Å². The molecule has 1 rings (SSSR count). The molecule has 6 unspecified atom stereocenters. The Labute approximate surface area is 550 Å². The molecular weight excluding hydrogens is 1160 g/mol. The summed E-state index contributed by atoms with van der Waals surface area (Å²) in [6.07, 6.45) is 56.7. The van der Waals surface area contributed by atoms with Crippen molar-refractivity contribution in [3.05, 3.63) is 36.5 Å². The number of carbonyl (C=O) groups is 4. The summed E-state index contributed by atoms with van der Waals surface area (Å²) >= 11 is 0. The van der Waals surface area contributed by atoms with Gasteiger partial charge in [0.05, 0.1) is 6.61 Å². The first-order chi connectivity index (χ1) is 43.8. The molecule has 0 aromatic carbocycles. The molecule has 90 heavy (non-hydrogen) atoms. The monoisotopic (exact) mass is 1290 g/mol. The topological polar surface area (TPSA) is 198 Å². The van der Waals surface area contributed by atoms with Gasteiger partial charge >= 0.3 is 23.9 Å². The lowest BCUT2D eigenvalue weighted by Crippen LogP contribution is -2.62. The van der Waals surface area contributed by atoms with Gasteiger partial charge in [0, 0.05) is 25.7 Å². The van der Waals surface area contributed by atoms with E-state index in [0.717, 1.165) is 122 Å². The Kier molecular flexibility index (Phi) is 58.5. The van der Waals surface area contributed by atoms with Crippen LogP contribution < -0.4 is 0 Å². The summed E-state index contributed by atoms with van der Waals surface area (Å²) < 4.78 is 70.7. The largest absolute Gasteiger partial charge is 0.462 e. The number of unbranched alkanes of at least 4 members (excludes halogenated alkanes) is 41. The van der Waals surface area contributed by atoms with Crippen LogP contribution in [0.3, 0.4) is 0 Å². The summed E-state index contributed by atoms with van der Waals surface area (Å²) in [5.41, 5.74) is 0. The molecule has 1 aliphatic rings. The maximum Gasteiger partial charge on any atom is 0.306 e. The number of rotatable bonds is 65. The molecule has 1 aliphatic heterocycles. The molecule has 2 N–H and O–H groups in total. The van der Waals surface area contributed by atoms with Gasteiger partial charge in [0.2, 0.25) is 0 Å². The van der Waals surface area contributed by atoms with E-state index in [0.29, 0.717) is 25.7 Å². The molecule has 1 heterocycles. The summed E-state index contributed by atoms with van der Waals surface area (Å²) in [7, 11) is -4.77. The van der Waals surface area contributed by atoms with Crippen LogP contribution in [-0.2, 0) is 57.7 Å². The zero-order chi connectivity index (χ0) is 65.6. The van der Waals surface area contributed by atoms with E-state index in [1.54, 1.807) is 0 Å². The molecule has 0 aromatic rings. The van der Waals surface area contributed by atoms with Crippen molar-refractivity contribution in [1.82, 2.24) is 0 Å². The number of allylic oxidation sites excluding steroid dienone is 6. The molecule has 1 saturated heterocycles. The Morgan fingerprint density at radius 1 is 0.411 bits per heavy atom. The van der Waals surface area contributed by atoms with Crippen LogP contribution in [0.2, 0.25) is 0 Å². The number of aliphatic hydroxyl groups is 1. The second-order valence-electron chi connectivity index (χ2n) is 25.9. The predicted octanol–water partition coefficient (Wildman–Crippen LogP) is 20.3. The van der Waals surface area contributed by atoms with Crippen LogP contribution in [0.15, 0.2) is 36.5 Å². The molecule has 0 amide bonds. The van der Waals surface area contributed by atoms with E-state index in [2.05, 4.69) is 64.2 Å². The minimum absolute atomic E-state index is 0.00628. The highest BCUT2D eigenvalue weighted by Crippen LogP contribution is 2.30. The zero-order valence-corrected chi connectivity index (χ0v) is 58.8. The second-order valence-corrected chi connectivity index (χ2v) is 27.4. The summed E-state index contributed by atoms with van der Waals surface area (Å²) in [6.45, 7) is 8.02. The highest BCUT2D eigenvalue weighted by atomic mass is 32.2. The average molecular weight is 1290 g/mol. The Balaban J connectivity index is 3.15. The molecule has 0 radical (unpaired) electrons. The van der Waals surface area contributed by atoms with Crippen LogP contribution in [-0.4, -0.2) is 97.7 Å². The SMILES string of the molecule is CC/C=C\C/C=C\C/C=C\CCCCCCCC(=O)OCC(COC1OC(CS(=O)(=O)O)C(O)C(OC(=O)CCCCCCCCCCCCCCC)C1OC(=O)CCCCCCCCCCCCCCC)OC(=O)CCCCCCCCCCCCCCC. The van der Waals surface area contributed by atoms with Gasteiger partial charge in [-0.3, -0.25) is 23.7 Å². The van der Waals surface area contributed by atoms with E-state index in [1.807, 2.05) is 0 Å². The van der Waals surface area contributed by atoms with Crippen LogP contribution in [0, 0.1) is 0 Å². The van der Waals surface area contributed by atoms with Crippen molar-refractivity contribution in [3.63, 3.8) is 0 Å². The van der Waals surface area contributed by atoms with Gasteiger partial charge in [-0.25, -0.2) is 0 Å². The standard InChI is InChI=1S/C75H136O14S/c1-5-9-13-17-21-25-29-33-34-38-39-43-47-51-55-59-68(76)84-63-66(86-69(77)60-56-52-48-44-40-35-30-26-22-18-14-10-6-2)64-85-75-74(89-71(79)62-58-54-50-46-42-37-32-28-24-20-16-12-8-4)73(72(80)67(87-75)65-90(81,82)83)88-70(78)61-57-53-49-45-41-36-31-27-23-19-15-11-7-3/h9,13,21,25,33-34,66-67,72-75,80H,5-8,10-12,14-20,22-24,26-32,35-65H2,1-4H3,(H,81,82,83)/b13-9-,25-21-,34-33-. The van der Waals surface area contributed by atoms with E-state index in [4.69, 9.17) is 28.4 Å². The maximum atomic E-state index is 13.8. The van der Waals surface area contributed by atoms with E-state index in [9.17, 15) is 37.3 Å². The summed E-state index contributed by atoms with van der Waals surface area (Å²) in [6, 6.07) is 0. The normalized spacial score (nSPS) is 17.4. The van der Waals surface area contributed by atoms with Crippen molar-refractivity contribution < 1.29 is 65.7 Å². The van der Waals surface area contributed by atoms with Crippen LogP contribution >= 0.6 is 0 Å². The third-order valence-electron chi connectivity index (χ3n) is 17.2. The van der Waals surface area contributed by atoms with E-state index < -0.39 is 83.2 Å². The van der Waals surface area contributed by atoms with Crippen LogP contribution in [0.1, 0.15) is 362 Å².